The first kappa shape index (κ1) is 22.9. The molecule has 2 aromatic carbocycles. The molecule has 2 heterocycles. The second-order valence-electron chi connectivity index (χ2n) is 7.98. The van der Waals surface area contributed by atoms with Crippen molar-refractivity contribution in [3.8, 4) is 17.1 Å². The predicted molar refractivity (Wildman–Crippen MR) is 132 cm³/mol. The lowest BCUT2D eigenvalue weighted by molar-refractivity contribution is 0.102. The lowest BCUT2D eigenvalue weighted by Crippen LogP contribution is -2.08. The summed E-state index contributed by atoms with van der Waals surface area (Å²) >= 11 is 1.42. The molecule has 4 aromatic rings. The van der Waals surface area contributed by atoms with Gasteiger partial charge in [-0.3, -0.25) is 4.79 Å². The van der Waals surface area contributed by atoms with Gasteiger partial charge in [0.15, 0.2) is 16.8 Å². The van der Waals surface area contributed by atoms with Gasteiger partial charge in [-0.1, -0.05) is 54.2 Å². The maximum absolute atomic E-state index is 13.0. The van der Waals surface area contributed by atoms with Crippen molar-refractivity contribution in [2.24, 2.45) is 7.05 Å². The van der Waals surface area contributed by atoms with Crippen LogP contribution in [0.25, 0.3) is 11.4 Å². The Kier molecular flexibility index (Phi) is 6.99. The summed E-state index contributed by atoms with van der Waals surface area (Å²) in [5, 5.41) is 9.33. The first-order valence-corrected chi connectivity index (χ1v) is 11.9. The number of thioether (sulfide) groups is 1. The molecule has 0 saturated heterocycles. The maximum Gasteiger partial charge on any atom is 0.191 e. The van der Waals surface area contributed by atoms with Crippen LogP contribution in [0.3, 0.4) is 0 Å². The molecular weight excluding hydrogens is 432 g/mol. The second kappa shape index (κ2) is 10.1. The van der Waals surface area contributed by atoms with Gasteiger partial charge in [0.25, 0.3) is 0 Å². The summed E-state index contributed by atoms with van der Waals surface area (Å²) < 4.78 is 9.39. The van der Waals surface area contributed by atoms with E-state index in [9.17, 15) is 4.79 Å². The van der Waals surface area contributed by atoms with Crippen LogP contribution in [0, 0.1) is 13.8 Å². The van der Waals surface area contributed by atoms with Gasteiger partial charge in [-0.25, -0.2) is 0 Å². The van der Waals surface area contributed by atoms with Crippen LogP contribution in [0.1, 0.15) is 27.3 Å². The number of aromatic nitrogens is 4. The number of nitrogens with zero attached hydrogens (tertiary/aromatic N) is 4. The Hall–Kier alpha value is -3.32. The molecule has 0 amide bonds. The summed E-state index contributed by atoms with van der Waals surface area (Å²) in [4.78, 5) is 13.0. The molecule has 0 bridgehead atoms. The number of carbonyl (C=O) groups excluding carboxylic acids is 1. The van der Waals surface area contributed by atoms with Crippen LogP contribution in [0.15, 0.2) is 65.8 Å². The fourth-order valence-corrected chi connectivity index (χ4v) is 4.74. The van der Waals surface area contributed by atoms with E-state index in [-0.39, 0.29) is 5.78 Å². The lowest BCUT2D eigenvalue weighted by Gasteiger charge is -2.10. The van der Waals surface area contributed by atoms with Crippen molar-refractivity contribution in [3.05, 3.63) is 83.2 Å². The van der Waals surface area contributed by atoms with E-state index in [0.717, 1.165) is 52.2 Å². The van der Waals surface area contributed by atoms with E-state index in [2.05, 4.69) is 33.8 Å². The molecular formula is C26H28N4O2S. The smallest absolute Gasteiger partial charge is 0.191 e. The fourth-order valence-electron chi connectivity index (χ4n) is 3.95. The van der Waals surface area contributed by atoms with Crippen molar-refractivity contribution in [2.45, 2.75) is 32.0 Å². The third-order valence-electron chi connectivity index (χ3n) is 5.86. The topological polar surface area (TPSA) is 61.9 Å². The van der Waals surface area contributed by atoms with Crippen molar-refractivity contribution in [3.63, 3.8) is 0 Å². The quantitative estimate of drug-likeness (QED) is 0.256. The van der Waals surface area contributed by atoms with Crippen LogP contribution in [0.5, 0.6) is 5.75 Å². The van der Waals surface area contributed by atoms with Crippen LogP contribution < -0.4 is 4.74 Å². The van der Waals surface area contributed by atoms with Crippen LogP contribution in [-0.4, -0.2) is 38.0 Å². The van der Waals surface area contributed by atoms with E-state index in [1.807, 2.05) is 67.1 Å². The number of carbonyl (C=O) groups is 1. The van der Waals surface area contributed by atoms with Crippen LogP contribution in [0.2, 0.25) is 0 Å². The zero-order valence-corrected chi connectivity index (χ0v) is 20.2. The molecule has 6 nitrogen and oxygen atoms in total. The Balaban J connectivity index is 1.41. The van der Waals surface area contributed by atoms with E-state index in [4.69, 9.17) is 4.74 Å². The highest BCUT2D eigenvalue weighted by Crippen LogP contribution is 2.25. The molecule has 170 valence electrons. The van der Waals surface area contributed by atoms with Crippen molar-refractivity contribution >= 4 is 17.5 Å². The van der Waals surface area contributed by atoms with E-state index < -0.39 is 0 Å². The third kappa shape index (κ3) is 5.03. The van der Waals surface area contributed by atoms with Gasteiger partial charge in [0, 0.05) is 36.1 Å². The van der Waals surface area contributed by atoms with Gasteiger partial charge in [-0.05, 0) is 44.0 Å². The Labute approximate surface area is 198 Å². The van der Waals surface area contributed by atoms with E-state index in [1.54, 1.807) is 7.11 Å². The van der Waals surface area contributed by atoms with Gasteiger partial charge < -0.3 is 13.9 Å². The van der Waals surface area contributed by atoms with Crippen LogP contribution in [0.4, 0.5) is 0 Å². The Morgan fingerprint density at radius 3 is 2.45 bits per heavy atom. The Morgan fingerprint density at radius 1 is 1.03 bits per heavy atom. The minimum absolute atomic E-state index is 0.105. The van der Waals surface area contributed by atoms with E-state index in [0.29, 0.717) is 5.75 Å². The molecule has 0 radical (unpaired) electrons. The molecule has 0 aliphatic rings. The van der Waals surface area contributed by atoms with Crippen LogP contribution >= 0.6 is 11.8 Å². The average Bonchev–Trinajstić information content (AvgIpc) is 3.35. The number of aryl methyl sites for hydroxylation is 2. The highest BCUT2D eigenvalue weighted by Gasteiger charge is 2.18. The summed E-state index contributed by atoms with van der Waals surface area (Å²) in [5.41, 5.74) is 5.13. The molecule has 4 rings (SSSR count). The number of rotatable bonds is 9. The van der Waals surface area contributed by atoms with Gasteiger partial charge in [0.05, 0.1) is 12.9 Å². The standard InChI is InChI=1S/C26H28N4O2S/c1-18-16-23(19(2)30(18)15-14-20-10-12-22(32-4)13-11-20)24(31)17-33-26-28-27-25(29(26)3)21-8-6-5-7-9-21/h5-13,16H,14-15,17H2,1-4H3. The minimum Gasteiger partial charge on any atom is -0.497 e. The predicted octanol–water partition coefficient (Wildman–Crippen LogP) is 5.13. The maximum atomic E-state index is 13.0. The summed E-state index contributed by atoms with van der Waals surface area (Å²) in [6, 6.07) is 20.1. The summed E-state index contributed by atoms with van der Waals surface area (Å²) in [5.74, 6) is 2.08. The average molecular weight is 461 g/mol. The molecule has 33 heavy (non-hydrogen) atoms. The molecule has 0 spiro atoms. The molecule has 0 aliphatic carbocycles. The summed E-state index contributed by atoms with van der Waals surface area (Å²) in [7, 11) is 3.60. The Morgan fingerprint density at radius 2 is 1.76 bits per heavy atom. The number of benzene rings is 2. The van der Waals surface area contributed by atoms with Gasteiger partial charge in [0.2, 0.25) is 0 Å². The number of hydrogen-bond acceptors (Lipinski definition) is 5. The Bertz CT molecular complexity index is 1240. The summed E-state index contributed by atoms with van der Waals surface area (Å²) in [6.07, 6.45) is 0.893. The van der Waals surface area contributed by atoms with E-state index >= 15 is 0 Å². The molecule has 0 fully saturated rings. The highest BCUT2D eigenvalue weighted by molar-refractivity contribution is 7.99. The van der Waals surface area contributed by atoms with Gasteiger partial charge in [-0.15, -0.1) is 10.2 Å². The van der Waals surface area contributed by atoms with Crippen LogP contribution in [-0.2, 0) is 20.0 Å². The van der Waals surface area contributed by atoms with Crippen molar-refractivity contribution in [2.75, 3.05) is 12.9 Å². The van der Waals surface area contributed by atoms with Crippen molar-refractivity contribution in [1.82, 2.24) is 19.3 Å². The first-order chi connectivity index (χ1) is 16.0. The lowest BCUT2D eigenvalue weighted by atomic mass is 10.1. The third-order valence-corrected chi connectivity index (χ3v) is 6.88. The summed E-state index contributed by atoms with van der Waals surface area (Å²) in [6.45, 7) is 4.91. The first-order valence-electron chi connectivity index (χ1n) is 10.9. The van der Waals surface area contributed by atoms with E-state index in [1.165, 1.54) is 17.3 Å². The van der Waals surface area contributed by atoms with Gasteiger partial charge in [-0.2, -0.15) is 0 Å². The number of methoxy groups -OCH3 is 1. The zero-order valence-electron chi connectivity index (χ0n) is 19.4. The monoisotopic (exact) mass is 460 g/mol. The molecule has 0 saturated carbocycles. The molecule has 0 aliphatic heterocycles. The molecule has 2 aromatic heterocycles. The normalized spacial score (nSPS) is 11.0. The highest BCUT2D eigenvalue weighted by atomic mass is 32.2. The minimum atomic E-state index is 0.105. The number of ether oxygens (including phenoxy) is 1. The van der Waals surface area contributed by atoms with Gasteiger partial charge >= 0.3 is 0 Å². The molecule has 0 atom stereocenters. The second-order valence-corrected chi connectivity index (χ2v) is 8.92. The van der Waals surface area contributed by atoms with Gasteiger partial charge in [0.1, 0.15) is 5.75 Å². The molecule has 0 N–H and O–H groups in total. The zero-order chi connectivity index (χ0) is 23.4. The van der Waals surface area contributed by atoms with Crippen molar-refractivity contribution < 1.29 is 9.53 Å². The molecule has 7 heteroatoms. The number of hydrogen-bond donors (Lipinski definition) is 0. The fraction of sp³-hybridized carbons (Fsp3) is 0.269. The van der Waals surface area contributed by atoms with Crippen molar-refractivity contribution in [1.29, 1.82) is 0 Å². The molecule has 0 unspecified atom stereocenters. The largest absolute Gasteiger partial charge is 0.497 e. The number of ketones is 1. The SMILES string of the molecule is COc1ccc(CCn2c(C)cc(C(=O)CSc3nnc(-c4ccccc4)n3C)c2C)cc1. The number of Topliss-reactive ketones (excluding diaryl/α,β-unsaturated/α-hetero) is 1.